The predicted molar refractivity (Wildman–Crippen MR) is 118 cm³/mol. The van der Waals surface area contributed by atoms with Crippen molar-refractivity contribution in [1.29, 1.82) is 0 Å². The maximum Gasteiger partial charge on any atom is 0.161 e. The molecule has 0 saturated carbocycles. The Morgan fingerprint density at radius 1 is 0.800 bits per heavy atom. The number of nitrogens with zero attached hydrogens (tertiary/aromatic N) is 2. The van der Waals surface area contributed by atoms with Crippen LogP contribution in [0.15, 0.2) is 72.8 Å². The summed E-state index contributed by atoms with van der Waals surface area (Å²) < 4.78 is 19.8. The summed E-state index contributed by atoms with van der Waals surface area (Å²) >= 11 is 0. The lowest BCUT2D eigenvalue weighted by Gasteiger charge is -2.14. The molecule has 0 aliphatic rings. The number of benzene rings is 3. The number of para-hydroxylation sites is 4. The number of aryl methyl sites for hydroxylation is 1. The third kappa shape index (κ3) is 4.57. The molecule has 0 saturated heterocycles. The Labute approximate surface area is 176 Å². The third-order valence-electron chi connectivity index (χ3n) is 4.84. The van der Waals surface area contributed by atoms with Crippen molar-refractivity contribution < 1.29 is 14.2 Å². The second-order valence-corrected chi connectivity index (χ2v) is 7.00. The SMILES string of the molecule is CCOc1ccccc1OCCn1c(COc2ccc(C)cc2)nc2ccccc21. The fourth-order valence-corrected chi connectivity index (χ4v) is 3.36. The first-order valence-corrected chi connectivity index (χ1v) is 10.2. The van der Waals surface area contributed by atoms with E-state index in [0.29, 0.717) is 26.4 Å². The van der Waals surface area contributed by atoms with Gasteiger partial charge in [-0.3, -0.25) is 0 Å². The van der Waals surface area contributed by atoms with Crippen LogP contribution in [0.3, 0.4) is 0 Å². The summed E-state index contributed by atoms with van der Waals surface area (Å²) in [4.78, 5) is 4.78. The first kappa shape index (κ1) is 19.8. The lowest BCUT2D eigenvalue weighted by atomic mass is 10.2. The van der Waals surface area contributed by atoms with E-state index in [1.807, 2.05) is 73.7 Å². The van der Waals surface area contributed by atoms with Crippen LogP contribution in [-0.2, 0) is 13.2 Å². The highest BCUT2D eigenvalue weighted by Crippen LogP contribution is 2.26. The highest BCUT2D eigenvalue weighted by Gasteiger charge is 2.12. The standard InChI is InChI=1S/C25H26N2O3/c1-3-28-23-10-6-7-11-24(23)29-17-16-27-22-9-5-4-8-21(22)26-25(27)18-30-20-14-12-19(2)13-15-20/h4-15H,3,16-18H2,1-2H3. The molecular formula is C25H26N2O3. The van der Waals surface area contributed by atoms with Crippen LogP contribution < -0.4 is 14.2 Å². The summed E-state index contributed by atoms with van der Waals surface area (Å²) in [5.41, 5.74) is 3.23. The molecule has 0 unspecified atom stereocenters. The molecule has 4 rings (SSSR count). The summed E-state index contributed by atoms with van der Waals surface area (Å²) in [5.74, 6) is 3.22. The van der Waals surface area contributed by atoms with E-state index in [9.17, 15) is 0 Å². The van der Waals surface area contributed by atoms with Crippen molar-refractivity contribution in [1.82, 2.24) is 9.55 Å². The molecule has 154 valence electrons. The average Bonchev–Trinajstić information content (AvgIpc) is 3.12. The molecule has 0 amide bonds. The van der Waals surface area contributed by atoms with E-state index in [1.54, 1.807) is 0 Å². The lowest BCUT2D eigenvalue weighted by Crippen LogP contribution is -2.13. The van der Waals surface area contributed by atoms with E-state index < -0.39 is 0 Å². The van der Waals surface area contributed by atoms with E-state index in [1.165, 1.54) is 5.56 Å². The third-order valence-corrected chi connectivity index (χ3v) is 4.84. The fourth-order valence-electron chi connectivity index (χ4n) is 3.36. The van der Waals surface area contributed by atoms with Crippen molar-refractivity contribution in [2.75, 3.05) is 13.2 Å². The van der Waals surface area contributed by atoms with Gasteiger partial charge in [-0.1, -0.05) is 42.0 Å². The summed E-state index contributed by atoms with van der Waals surface area (Å²) in [6.45, 7) is 6.19. The van der Waals surface area contributed by atoms with Gasteiger partial charge < -0.3 is 18.8 Å². The molecule has 5 heteroatoms. The zero-order chi connectivity index (χ0) is 20.8. The minimum absolute atomic E-state index is 0.396. The van der Waals surface area contributed by atoms with Gasteiger partial charge in [-0.15, -0.1) is 0 Å². The summed E-state index contributed by atoms with van der Waals surface area (Å²) in [7, 11) is 0. The Morgan fingerprint density at radius 3 is 2.27 bits per heavy atom. The maximum atomic E-state index is 6.03. The summed E-state index contributed by atoms with van der Waals surface area (Å²) in [5, 5.41) is 0. The summed E-state index contributed by atoms with van der Waals surface area (Å²) in [6, 6.07) is 23.9. The Hall–Kier alpha value is -3.47. The van der Waals surface area contributed by atoms with Gasteiger partial charge in [0.2, 0.25) is 0 Å². The van der Waals surface area contributed by atoms with Crippen molar-refractivity contribution in [2.45, 2.75) is 27.0 Å². The predicted octanol–water partition coefficient (Wildman–Crippen LogP) is 5.40. The van der Waals surface area contributed by atoms with Gasteiger partial charge in [0.25, 0.3) is 0 Å². The van der Waals surface area contributed by atoms with Crippen molar-refractivity contribution in [3.63, 3.8) is 0 Å². The Balaban J connectivity index is 1.49. The van der Waals surface area contributed by atoms with Crippen LogP contribution in [0.1, 0.15) is 18.3 Å². The van der Waals surface area contributed by atoms with Crippen molar-refractivity contribution in [2.24, 2.45) is 0 Å². The van der Waals surface area contributed by atoms with Crippen LogP contribution >= 0.6 is 0 Å². The second kappa shape index (κ2) is 9.35. The molecule has 1 aromatic heterocycles. The molecule has 3 aromatic carbocycles. The highest BCUT2D eigenvalue weighted by atomic mass is 16.5. The van der Waals surface area contributed by atoms with E-state index in [2.05, 4.69) is 17.6 Å². The van der Waals surface area contributed by atoms with Crippen LogP contribution in [0.5, 0.6) is 17.2 Å². The smallest absolute Gasteiger partial charge is 0.161 e. The topological polar surface area (TPSA) is 45.5 Å². The largest absolute Gasteiger partial charge is 0.490 e. The average molecular weight is 402 g/mol. The molecule has 0 radical (unpaired) electrons. The quantitative estimate of drug-likeness (QED) is 0.376. The number of hydrogen-bond acceptors (Lipinski definition) is 4. The van der Waals surface area contributed by atoms with Crippen molar-refractivity contribution in [3.8, 4) is 17.2 Å². The zero-order valence-electron chi connectivity index (χ0n) is 17.4. The van der Waals surface area contributed by atoms with Gasteiger partial charge in [0.15, 0.2) is 11.5 Å². The molecule has 0 aliphatic carbocycles. The molecule has 0 N–H and O–H groups in total. The first-order chi connectivity index (χ1) is 14.7. The molecule has 0 aliphatic heterocycles. The van der Waals surface area contributed by atoms with Crippen LogP contribution in [0, 0.1) is 6.92 Å². The monoisotopic (exact) mass is 402 g/mol. The number of ether oxygens (including phenoxy) is 3. The molecule has 5 nitrogen and oxygen atoms in total. The van der Waals surface area contributed by atoms with Gasteiger partial charge in [-0.2, -0.15) is 0 Å². The number of rotatable bonds is 9. The number of imidazole rings is 1. The molecular weight excluding hydrogens is 376 g/mol. The Bertz CT molecular complexity index is 1100. The van der Waals surface area contributed by atoms with Crippen molar-refractivity contribution in [3.05, 3.63) is 84.2 Å². The first-order valence-electron chi connectivity index (χ1n) is 10.2. The molecule has 30 heavy (non-hydrogen) atoms. The van der Waals surface area contributed by atoms with Gasteiger partial charge in [-0.05, 0) is 50.2 Å². The second-order valence-electron chi connectivity index (χ2n) is 7.00. The number of fused-ring (bicyclic) bond motifs is 1. The van der Waals surface area contributed by atoms with E-state index in [0.717, 1.165) is 34.1 Å². The molecule has 0 atom stereocenters. The van der Waals surface area contributed by atoms with Gasteiger partial charge >= 0.3 is 0 Å². The van der Waals surface area contributed by atoms with Crippen molar-refractivity contribution >= 4 is 11.0 Å². The van der Waals surface area contributed by atoms with Crippen LogP contribution in [0.4, 0.5) is 0 Å². The lowest BCUT2D eigenvalue weighted by molar-refractivity contribution is 0.257. The fraction of sp³-hybridized carbons (Fsp3) is 0.240. The van der Waals surface area contributed by atoms with Gasteiger partial charge in [0, 0.05) is 0 Å². The molecule has 0 fully saturated rings. The maximum absolute atomic E-state index is 6.03. The molecule has 1 heterocycles. The van der Waals surface area contributed by atoms with Crippen LogP contribution in [0.25, 0.3) is 11.0 Å². The van der Waals surface area contributed by atoms with Gasteiger partial charge in [-0.25, -0.2) is 4.98 Å². The van der Waals surface area contributed by atoms with E-state index in [-0.39, 0.29) is 0 Å². The van der Waals surface area contributed by atoms with Crippen LogP contribution in [-0.4, -0.2) is 22.8 Å². The molecule has 4 aromatic rings. The number of hydrogen-bond donors (Lipinski definition) is 0. The number of aromatic nitrogens is 2. The molecule has 0 spiro atoms. The summed E-state index contributed by atoms with van der Waals surface area (Å²) in [6.07, 6.45) is 0. The van der Waals surface area contributed by atoms with Crippen LogP contribution in [0.2, 0.25) is 0 Å². The van der Waals surface area contributed by atoms with Gasteiger partial charge in [0.05, 0.1) is 24.2 Å². The normalized spacial score (nSPS) is 10.9. The Morgan fingerprint density at radius 2 is 1.50 bits per heavy atom. The highest BCUT2D eigenvalue weighted by molar-refractivity contribution is 5.75. The minimum Gasteiger partial charge on any atom is -0.490 e. The molecule has 0 bridgehead atoms. The Kier molecular flexibility index (Phi) is 6.18. The minimum atomic E-state index is 0.396. The zero-order valence-corrected chi connectivity index (χ0v) is 17.4. The van der Waals surface area contributed by atoms with E-state index >= 15 is 0 Å². The van der Waals surface area contributed by atoms with E-state index in [4.69, 9.17) is 19.2 Å². The van der Waals surface area contributed by atoms with Gasteiger partial charge in [0.1, 0.15) is 24.8 Å².